The quantitative estimate of drug-likeness (QED) is 0.405. The molecule has 2 aromatic heterocycles. The summed E-state index contributed by atoms with van der Waals surface area (Å²) in [4.78, 5) is 7.94. The third-order valence-corrected chi connectivity index (χ3v) is 2.53. The Hall–Kier alpha value is -1.74. The van der Waals surface area contributed by atoms with Gasteiger partial charge in [-0.05, 0) is 22.2 Å². The number of nitrogen functional groups attached to an aromatic ring is 1. The fourth-order valence-corrected chi connectivity index (χ4v) is 1.58. The Morgan fingerprint density at radius 2 is 2.33 bits per heavy atom. The maximum Gasteiger partial charge on any atom is 0.215 e. The summed E-state index contributed by atoms with van der Waals surface area (Å²) >= 11 is 1.33. The molecule has 0 aliphatic heterocycles. The van der Waals surface area contributed by atoms with E-state index >= 15 is 0 Å². The van der Waals surface area contributed by atoms with Crippen LogP contribution < -0.4 is 11.3 Å². The van der Waals surface area contributed by atoms with Crippen molar-refractivity contribution in [2.24, 2.45) is 12.9 Å². The van der Waals surface area contributed by atoms with Crippen molar-refractivity contribution in [2.75, 3.05) is 5.43 Å². The molecule has 0 aromatic carbocycles. The van der Waals surface area contributed by atoms with Crippen LogP contribution in [0.5, 0.6) is 0 Å². The van der Waals surface area contributed by atoms with Crippen LogP contribution in [0.25, 0.3) is 0 Å². The van der Waals surface area contributed by atoms with Crippen LogP contribution in [0.1, 0.15) is 0 Å². The highest BCUT2D eigenvalue weighted by Crippen LogP contribution is 2.23. The molecule has 8 nitrogen and oxygen atoms in total. The fourth-order valence-electron chi connectivity index (χ4n) is 0.875. The number of rotatable bonds is 3. The number of hydrogen-bond donors (Lipinski definition) is 2. The minimum Gasteiger partial charge on any atom is -0.308 e. The van der Waals surface area contributed by atoms with Gasteiger partial charge in [-0.3, -0.25) is 0 Å². The van der Waals surface area contributed by atoms with Gasteiger partial charge in [-0.2, -0.15) is 0 Å². The molecule has 0 saturated heterocycles. The van der Waals surface area contributed by atoms with Crippen molar-refractivity contribution in [3.8, 4) is 0 Å². The zero-order chi connectivity index (χ0) is 10.7. The van der Waals surface area contributed by atoms with Gasteiger partial charge in [0.05, 0.1) is 0 Å². The number of hydrazine groups is 1. The van der Waals surface area contributed by atoms with E-state index in [0.29, 0.717) is 11.0 Å². The normalized spacial score (nSPS) is 10.3. The summed E-state index contributed by atoms with van der Waals surface area (Å²) in [6.07, 6.45) is 1.42. The van der Waals surface area contributed by atoms with Crippen molar-refractivity contribution in [1.29, 1.82) is 0 Å². The minimum atomic E-state index is 0.544. The second-order valence-corrected chi connectivity index (χ2v) is 3.56. The van der Waals surface area contributed by atoms with Gasteiger partial charge < -0.3 is 5.43 Å². The van der Waals surface area contributed by atoms with Gasteiger partial charge in [0.15, 0.2) is 0 Å². The Kier molecular flexibility index (Phi) is 2.74. The number of anilines is 1. The molecule has 0 atom stereocenters. The first kappa shape index (κ1) is 9.80. The van der Waals surface area contributed by atoms with E-state index in [1.165, 1.54) is 18.1 Å². The molecule has 0 aliphatic carbocycles. The van der Waals surface area contributed by atoms with Crippen molar-refractivity contribution in [1.82, 2.24) is 30.2 Å². The maximum absolute atomic E-state index is 5.23. The van der Waals surface area contributed by atoms with Crippen molar-refractivity contribution in [2.45, 2.75) is 10.2 Å². The third kappa shape index (κ3) is 2.19. The average Bonchev–Trinajstić information content (AvgIpc) is 2.65. The molecule has 0 aliphatic rings. The van der Waals surface area contributed by atoms with Crippen LogP contribution >= 0.6 is 11.8 Å². The molecule has 0 spiro atoms. The summed E-state index contributed by atoms with van der Waals surface area (Å²) in [5.74, 6) is 5.77. The van der Waals surface area contributed by atoms with Gasteiger partial charge in [0.25, 0.3) is 0 Å². The van der Waals surface area contributed by atoms with Crippen molar-refractivity contribution in [3.05, 3.63) is 12.4 Å². The molecular formula is C6H8N8S. The second kappa shape index (κ2) is 4.19. The van der Waals surface area contributed by atoms with E-state index in [0.717, 1.165) is 5.03 Å². The molecule has 15 heavy (non-hydrogen) atoms. The first-order valence-electron chi connectivity index (χ1n) is 3.98. The Morgan fingerprint density at radius 3 is 3.00 bits per heavy atom. The first-order chi connectivity index (χ1) is 7.29. The van der Waals surface area contributed by atoms with Crippen molar-refractivity contribution in [3.63, 3.8) is 0 Å². The molecule has 2 rings (SSSR count). The zero-order valence-corrected chi connectivity index (χ0v) is 8.64. The summed E-state index contributed by atoms with van der Waals surface area (Å²) in [5.41, 5.74) is 2.44. The Bertz CT molecular complexity index is 454. The molecule has 0 saturated carbocycles. The molecule has 2 heterocycles. The zero-order valence-electron chi connectivity index (χ0n) is 7.82. The number of aromatic nitrogens is 6. The SMILES string of the molecule is Cn1nnnc1Sc1cc(NN)ncn1. The summed E-state index contributed by atoms with van der Waals surface area (Å²) < 4.78 is 1.56. The van der Waals surface area contributed by atoms with Gasteiger partial charge in [0.2, 0.25) is 5.16 Å². The molecule has 0 unspecified atom stereocenters. The monoisotopic (exact) mass is 224 g/mol. The number of tetrazole rings is 1. The van der Waals surface area contributed by atoms with Gasteiger partial charge >= 0.3 is 0 Å². The lowest BCUT2D eigenvalue weighted by molar-refractivity contribution is 0.664. The number of hydrogen-bond acceptors (Lipinski definition) is 8. The van der Waals surface area contributed by atoms with Crippen LogP contribution in [-0.4, -0.2) is 30.2 Å². The van der Waals surface area contributed by atoms with Gasteiger partial charge in [0.1, 0.15) is 17.2 Å². The average molecular weight is 224 g/mol. The second-order valence-electron chi connectivity index (χ2n) is 2.57. The third-order valence-electron chi connectivity index (χ3n) is 1.57. The van der Waals surface area contributed by atoms with E-state index in [2.05, 4.69) is 30.9 Å². The Balaban J connectivity index is 2.21. The molecule has 2 aromatic rings. The number of nitrogens with zero attached hydrogens (tertiary/aromatic N) is 6. The molecule has 0 fully saturated rings. The fraction of sp³-hybridized carbons (Fsp3) is 0.167. The summed E-state index contributed by atoms with van der Waals surface area (Å²) in [7, 11) is 1.76. The predicted octanol–water partition coefficient (Wildman–Crippen LogP) is -0.563. The topological polar surface area (TPSA) is 107 Å². The van der Waals surface area contributed by atoms with Crippen LogP contribution in [0.3, 0.4) is 0 Å². The van der Waals surface area contributed by atoms with Gasteiger partial charge in [-0.1, -0.05) is 0 Å². The lowest BCUT2D eigenvalue weighted by Crippen LogP contribution is -2.08. The molecule has 78 valence electrons. The molecule has 0 amide bonds. The van der Waals surface area contributed by atoms with Gasteiger partial charge in [-0.15, -0.1) is 5.10 Å². The van der Waals surface area contributed by atoms with Crippen LogP contribution in [0.4, 0.5) is 5.82 Å². The minimum absolute atomic E-state index is 0.544. The number of nitrogens with one attached hydrogen (secondary N) is 1. The summed E-state index contributed by atoms with van der Waals surface area (Å²) in [5, 5.41) is 12.4. The molecule has 3 N–H and O–H groups in total. The van der Waals surface area contributed by atoms with Crippen molar-refractivity contribution >= 4 is 17.6 Å². The smallest absolute Gasteiger partial charge is 0.215 e. The standard InChI is InChI=1S/C6H8N8S/c1-14-6(11-12-13-14)15-5-2-4(10-7)8-3-9-5/h2-3H,7H2,1H3,(H,8,9,10). The van der Waals surface area contributed by atoms with Crippen LogP contribution in [0.2, 0.25) is 0 Å². The highest BCUT2D eigenvalue weighted by molar-refractivity contribution is 7.99. The predicted molar refractivity (Wildman–Crippen MR) is 52.8 cm³/mol. The number of nitrogens with two attached hydrogens (primary N) is 1. The maximum atomic E-state index is 5.23. The summed E-state index contributed by atoms with van der Waals surface area (Å²) in [6.45, 7) is 0. The molecular weight excluding hydrogens is 216 g/mol. The van der Waals surface area contributed by atoms with Crippen LogP contribution in [0, 0.1) is 0 Å². The van der Waals surface area contributed by atoms with E-state index in [4.69, 9.17) is 5.84 Å². The molecule has 9 heteroatoms. The van der Waals surface area contributed by atoms with Crippen LogP contribution in [0.15, 0.2) is 22.6 Å². The molecule has 0 bridgehead atoms. The lowest BCUT2D eigenvalue weighted by Gasteiger charge is -2.00. The van der Waals surface area contributed by atoms with Crippen LogP contribution in [-0.2, 0) is 7.05 Å². The highest BCUT2D eigenvalue weighted by atomic mass is 32.2. The van der Waals surface area contributed by atoms with E-state index in [-0.39, 0.29) is 0 Å². The molecule has 0 radical (unpaired) electrons. The Labute approximate surface area is 89.3 Å². The van der Waals surface area contributed by atoms with E-state index < -0.39 is 0 Å². The van der Waals surface area contributed by atoms with Crippen molar-refractivity contribution < 1.29 is 0 Å². The van der Waals surface area contributed by atoms with E-state index in [1.807, 2.05) is 0 Å². The summed E-state index contributed by atoms with van der Waals surface area (Å²) in [6, 6.07) is 1.71. The Morgan fingerprint density at radius 1 is 1.47 bits per heavy atom. The first-order valence-corrected chi connectivity index (χ1v) is 4.80. The highest BCUT2D eigenvalue weighted by Gasteiger charge is 2.06. The lowest BCUT2D eigenvalue weighted by atomic mass is 10.6. The van der Waals surface area contributed by atoms with Gasteiger partial charge in [0, 0.05) is 13.1 Å². The van der Waals surface area contributed by atoms with E-state index in [9.17, 15) is 0 Å². The van der Waals surface area contributed by atoms with Gasteiger partial charge in [-0.25, -0.2) is 20.5 Å². The largest absolute Gasteiger partial charge is 0.308 e. The van der Waals surface area contributed by atoms with E-state index in [1.54, 1.807) is 17.8 Å². The number of aryl methyl sites for hydroxylation is 1.